The van der Waals surface area contributed by atoms with E-state index in [2.05, 4.69) is 33.8 Å². The van der Waals surface area contributed by atoms with Gasteiger partial charge in [-0.2, -0.15) is 0 Å². The first-order chi connectivity index (χ1) is 17.8. The Morgan fingerprint density at radius 1 is 1.03 bits per heavy atom. The second-order valence-electron chi connectivity index (χ2n) is 11.8. The topological polar surface area (TPSA) is 44.8 Å². The summed E-state index contributed by atoms with van der Waals surface area (Å²) in [5, 5.41) is 0. The molecule has 0 amide bonds. The van der Waals surface area contributed by atoms with E-state index in [4.69, 9.17) is 14.2 Å². The Bertz CT molecular complexity index is 1060. The first-order valence-electron chi connectivity index (χ1n) is 14.4. The van der Waals surface area contributed by atoms with Crippen molar-refractivity contribution in [3.63, 3.8) is 0 Å². The van der Waals surface area contributed by atoms with E-state index >= 15 is 0 Å². The third-order valence-corrected chi connectivity index (χ3v) is 9.84. The monoisotopic (exact) mass is 506 g/mol. The van der Waals surface area contributed by atoms with Crippen molar-refractivity contribution >= 4 is 5.97 Å². The molecule has 0 heterocycles. The van der Waals surface area contributed by atoms with E-state index in [-0.39, 0.29) is 0 Å². The lowest BCUT2D eigenvalue weighted by Gasteiger charge is -2.56. The standard InChI is InChI=1S/C33H46O4/c1-7-22(2)17-19-27-23(3)18-20-28-24(14-11-21-33(27,28)4)25-12-10-13-26(31(25)36-6)32(34)37-30-16-9-8-15-29(30)35-5/h8-10,12-13,15-16,22-24,27-28H,7,11,14,17-21H2,1-6H3/t22-,23+,24-,27+,28+,33-/m1/s1. The molecule has 202 valence electrons. The summed E-state index contributed by atoms with van der Waals surface area (Å²) in [7, 11) is 3.26. The molecule has 2 aliphatic rings. The number of hydrogen-bond acceptors (Lipinski definition) is 4. The summed E-state index contributed by atoms with van der Waals surface area (Å²) in [5.74, 6) is 4.53. The molecule has 4 rings (SSSR count). The summed E-state index contributed by atoms with van der Waals surface area (Å²) in [4.78, 5) is 13.4. The highest BCUT2D eigenvalue weighted by Gasteiger charge is 2.51. The maximum Gasteiger partial charge on any atom is 0.347 e. The molecule has 37 heavy (non-hydrogen) atoms. The highest BCUT2D eigenvalue weighted by molar-refractivity contribution is 5.94. The van der Waals surface area contributed by atoms with Crippen LogP contribution in [0.25, 0.3) is 0 Å². The van der Waals surface area contributed by atoms with Crippen LogP contribution in [0.1, 0.15) is 101 Å². The Morgan fingerprint density at radius 2 is 1.78 bits per heavy atom. The number of fused-ring (bicyclic) bond motifs is 1. The number of para-hydroxylation sites is 3. The molecule has 2 fully saturated rings. The Labute approximate surface area is 224 Å². The number of rotatable bonds is 9. The Kier molecular flexibility index (Phi) is 8.87. The van der Waals surface area contributed by atoms with Crippen LogP contribution in [0.5, 0.6) is 17.2 Å². The Hall–Kier alpha value is -2.49. The van der Waals surface area contributed by atoms with Gasteiger partial charge in [0.1, 0.15) is 11.3 Å². The lowest BCUT2D eigenvalue weighted by Crippen LogP contribution is -2.47. The molecule has 0 N–H and O–H groups in total. The van der Waals surface area contributed by atoms with Gasteiger partial charge in [-0.3, -0.25) is 0 Å². The SMILES string of the molecule is CC[C@@H](C)CC[C@H]1[C@@H](C)CC[C@H]2[C@@H](c3cccc(C(=O)Oc4ccccc4OC)c3OC)CCC[C@@]21C. The van der Waals surface area contributed by atoms with Crippen molar-refractivity contribution in [3.05, 3.63) is 53.6 Å². The first kappa shape index (κ1) is 27.5. The average Bonchev–Trinajstić information content (AvgIpc) is 2.91. The van der Waals surface area contributed by atoms with E-state index in [0.717, 1.165) is 24.2 Å². The maximum absolute atomic E-state index is 13.4. The molecule has 0 saturated heterocycles. The molecule has 2 aromatic rings. The Morgan fingerprint density at radius 3 is 2.49 bits per heavy atom. The van der Waals surface area contributed by atoms with Crippen LogP contribution in [0.2, 0.25) is 0 Å². The molecular formula is C33H46O4. The van der Waals surface area contributed by atoms with E-state index in [1.54, 1.807) is 26.4 Å². The normalized spacial score (nSPS) is 28.2. The van der Waals surface area contributed by atoms with Crippen LogP contribution in [0.15, 0.2) is 42.5 Å². The summed E-state index contributed by atoms with van der Waals surface area (Å²) < 4.78 is 17.1. The first-order valence-corrected chi connectivity index (χ1v) is 14.4. The van der Waals surface area contributed by atoms with Crippen molar-refractivity contribution in [2.45, 2.75) is 85.0 Å². The minimum Gasteiger partial charge on any atom is -0.496 e. The van der Waals surface area contributed by atoms with Crippen LogP contribution in [-0.4, -0.2) is 20.2 Å². The fraction of sp³-hybridized carbons (Fsp3) is 0.606. The van der Waals surface area contributed by atoms with Crippen molar-refractivity contribution in [2.24, 2.45) is 29.1 Å². The lowest BCUT2D eigenvalue weighted by atomic mass is 9.48. The van der Waals surface area contributed by atoms with Gasteiger partial charge in [0.15, 0.2) is 11.5 Å². The van der Waals surface area contributed by atoms with Crippen molar-refractivity contribution < 1.29 is 19.0 Å². The van der Waals surface area contributed by atoms with Gasteiger partial charge in [-0.25, -0.2) is 4.79 Å². The van der Waals surface area contributed by atoms with E-state index in [1.807, 2.05) is 24.3 Å². The second kappa shape index (κ2) is 11.9. The summed E-state index contributed by atoms with van der Waals surface area (Å²) in [6.07, 6.45) is 10.1. The number of esters is 1. The van der Waals surface area contributed by atoms with Crippen LogP contribution >= 0.6 is 0 Å². The molecule has 2 aromatic carbocycles. The molecule has 0 aromatic heterocycles. The van der Waals surface area contributed by atoms with Gasteiger partial charge in [0.05, 0.1) is 14.2 Å². The molecule has 2 saturated carbocycles. The molecule has 0 spiro atoms. The fourth-order valence-corrected chi connectivity index (χ4v) is 7.58. The highest BCUT2D eigenvalue weighted by Crippen LogP contribution is 2.61. The van der Waals surface area contributed by atoms with Crippen LogP contribution < -0.4 is 14.2 Å². The van der Waals surface area contributed by atoms with E-state index in [9.17, 15) is 4.79 Å². The van der Waals surface area contributed by atoms with Crippen LogP contribution in [-0.2, 0) is 0 Å². The molecule has 2 aliphatic carbocycles. The summed E-state index contributed by atoms with van der Waals surface area (Å²) in [5.41, 5.74) is 1.98. The van der Waals surface area contributed by atoms with Crippen LogP contribution in [0.4, 0.5) is 0 Å². The summed E-state index contributed by atoms with van der Waals surface area (Å²) in [6, 6.07) is 13.2. The van der Waals surface area contributed by atoms with Crippen molar-refractivity contribution in [1.82, 2.24) is 0 Å². The number of hydrogen-bond donors (Lipinski definition) is 0. The zero-order valence-corrected chi connectivity index (χ0v) is 23.7. The van der Waals surface area contributed by atoms with Gasteiger partial charge in [0.2, 0.25) is 0 Å². The van der Waals surface area contributed by atoms with Gasteiger partial charge in [-0.05, 0) is 84.5 Å². The maximum atomic E-state index is 13.4. The van der Waals surface area contributed by atoms with Crippen molar-refractivity contribution in [3.8, 4) is 17.2 Å². The summed E-state index contributed by atoms with van der Waals surface area (Å²) >= 11 is 0. The van der Waals surface area contributed by atoms with Gasteiger partial charge >= 0.3 is 5.97 Å². The largest absolute Gasteiger partial charge is 0.496 e. The number of benzene rings is 2. The summed E-state index contributed by atoms with van der Waals surface area (Å²) in [6.45, 7) is 9.78. The molecule has 0 bridgehead atoms. The van der Waals surface area contributed by atoms with E-state index < -0.39 is 5.97 Å². The molecule has 6 atom stereocenters. The highest BCUT2D eigenvalue weighted by atomic mass is 16.6. The third kappa shape index (κ3) is 5.54. The van der Waals surface area contributed by atoms with Crippen LogP contribution in [0.3, 0.4) is 0 Å². The molecule has 0 aliphatic heterocycles. The van der Waals surface area contributed by atoms with Crippen molar-refractivity contribution in [1.29, 1.82) is 0 Å². The number of carbonyl (C=O) groups is 1. The number of methoxy groups -OCH3 is 2. The molecule has 4 nitrogen and oxygen atoms in total. The molecular weight excluding hydrogens is 460 g/mol. The van der Waals surface area contributed by atoms with E-state index in [1.165, 1.54) is 50.5 Å². The number of ether oxygens (including phenoxy) is 3. The smallest absolute Gasteiger partial charge is 0.347 e. The van der Waals surface area contributed by atoms with Gasteiger partial charge in [-0.1, -0.05) is 77.6 Å². The van der Waals surface area contributed by atoms with Gasteiger partial charge < -0.3 is 14.2 Å². The molecule has 0 unspecified atom stereocenters. The predicted molar refractivity (Wildman–Crippen MR) is 150 cm³/mol. The van der Waals surface area contributed by atoms with Gasteiger partial charge in [0, 0.05) is 0 Å². The van der Waals surface area contributed by atoms with Crippen LogP contribution in [0, 0.1) is 29.1 Å². The van der Waals surface area contributed by atoms with Gasteiger partial charge in [-0.15, -0.1) is 0 Å². The molecule has 4 heteroatoms. The lowest BCUT2D eigenvalue weighted by molar-refractivity contribution is -0.0479. The zero-order chi connectivity index (χ0) is 26.6. The Balaban J connectivity index is 1.64. The van der Waals surface area contributed by atoms with E-state index in [0.29, 0.717) is 40.1 Å². The minimum absolute atomic E-state index is 0.326. The van der Waals surface area contributed by atoms with Crippen molar-refractivity contribution in [2.75, 3.05) is 14.2 Å². The second-order valence-corrected chi connectivity index (χ2v) is 11.8. The minimum atomic E-state index is -0.412. The molecule has 0 radical (unpaired) electrons. The van der Waals surface area contributed by atoms with Gasteiger partial charge in [0.25, 0.3) is 0 Å². The zero-order valence-electron chi connectivity index (χ0n) is 23.7. The predicted octanol–water partition coefficient (Wildman–Crippen LogP) is 8.69. The average molecular weight is 507 g/mol. The fourth-order valence-electron chi connectivity index (χ4n) is 7.58. The number of carbonyl (C=O) groups excluding carboxylic acids is 1. The quantitative estimate of drug-likeness (QED) is 0.252. The third-order valence-electron chi connectivity index (χ3n) is 9.84.